The number of carbonyl (C=O) groups excluding carboxylic acids is 1. The molecule has 0 saturated carbocycles. The van der Waals surface area contributed by atoms with Gasteiger partial charge in [-0.15, -0.1) is 0 Å². The summed E-state index contributed by atoms with van der Waals surface area (Å²) in [7, 11) is -3.96. The lowest BCUT2D eigenvalue weighted by Gasteiger charge is -2.25. The molecule has 5 rings (SSSR count). The average Bonchev–Trinajstić information content (AvgIpc) is 3.07. The zero-order valence-corrected chi connectivity index (χ0v) is 27.5. The topological polar surface area (TPSA) is 123 Å². The molecule has 1 amide bonds. The maximum Gasteiger partial charge on any atom is 0.252 e. The van der Waals surface area contributed by atoms with Gasteiger partial charge >= 0.3 is 0 Å². The molecule has 1 atom stereocenters. The number of aliphatic hydroxyl groups is 1. The second-order valence-corrected chi connectivity index (χ2v) is 13.6. The summed E-state index contributed by atoms with van der Waals surface area (Å²) < 4.78 is 33.3. The van der Waals surface area contributed by atoms with Gasteiger partial charge in [0.15, 0.2) is 0 Å². The number of hydrogen-bond donors (Lipinski definition) is 2. The third-order valence-corrected chi connectivity index (χ3v) is 9.79. The van der Waals surface area contributed by atoms with E-state index >= 15 is 0 Å². The van der Waals surface area contributed by atoms with Crippen LogP contribution in [0.25, 0.3) is 0 Å². The second-order valence-electron chi connectivity index (χ2n) is 11.3. The molecule has 242 valence electrons. The van der Waals surface area contributed by atoms with Gasteiger partial charge in [-0.05, 0) is 65.9 Å². The molecule has 4 aromatic carbocycles. The predicted octanol–water partition coefficient (Wildman–Crippen LogP) is 6.33. The number of ether oxygens (including phenoxy) is 1. The van der Waals surface area contributed by atoms with Gasteiger partial charge in [0, 0.05) is 31.4 Å². The first-order valence-corrected chi connectivity index (χ1v) is 17.0. The van der Waals surface area contributed by atoms with Crippen molar-refractivity contribution in [1.82, 2.24) is 9.88 Å². The summed E-state index contributed by atoms with van der Waals surface area (Å²) in [5.74, 6) is -0.519. The number of aryl methyl sites for hydroxylation is 1. The Balaban J connectivity index is 1.30. The van der Waals surface area contributed by atoms with E-state index in [0.717, 1.165) is 16.7 Å². The van der Waals surface area contributed by atoms with Crippen LogP contribution >= 0.6 is 11.6 Å². The Morgan fingerprint density at radius 3 is 2.17 bits per heavy atom. The predicted molar refractivity (Wildman–Crippen MR) is 182 cm³/mol. The Bertz CT molecular complexity index is 1900. The van der Waals surface area contributed by atoms with Crippen molar-refractivity contribution < 1.29 is 23.1 Å². The van der Waals surface area contributed by atoms with Gasteiger partial charge in [-0.25, -0.2) is 13.4 Å². The molecule has 0 spiro atoms. The highest BCUT2D eigenvalue weighted by atomic mass is 35.5. The molecule has 0 saturated heterocycles. The zero-order valence-electron chi connectivity index (χ0n) is 25.9. The summed E-state index contributed by atoms with van der Waals surface area (Å²) in [5.41, 5.74) is 9.77. The lowest BCUT2D eigenvalue weighted by atomic mass is 10.1. The normalized spacial score (nSPS) is 12.2. The second kappa shape index (κ2) is 15.4. The van der Waals surface area contributed by atoms with Gasteiger partial charge in [-0.2, -0.15) is 0 Å². The molecule has 0 aliphatic carbocycles. The lowest BCUT2D eigenvalue weighted by Crippen LogP contribution is -2.30. The number of amides is 1. The molecule has 0 aliphatic heterocycles. The highest BCUT2D eigenvalue weighted by Gasteiger charge is 2.23. The number of aromatic nitrogens is 1. The van der Waals surface area contributed by atoms with Gasteiger partial charge in [-0.1, -0.05) is 90.5 Å². The van der Waals surface area contributed by atoms with Crippen LogP contribution in [0.1, 0.15) is 44.3 Å². The van der Waals surface area contributed by atoms with Crippen molar-refractivity contribution in [3.8, 4) is 5.75 Å². The van der Waals surface area contributed by atoms with Crippen LogP contribution < -0.4 is 10.5 Å². The number of benzene rings is 4. The van der Waals surface area contributed by atoms with E-state index in [-0.39, 0.29) is 27.7 Å². The number of nitrogens with two attached hydrogens (primary N) is 1. The van der Waals surface area contributed by atoms with Crippen LogP contribution in [0, 0.1) is 6.92 Å². The number of sulfone groups is 1. The first-order valence-electron chi connectivity index (χ1n) is 15.1. The number of carbonyl (C=O) groups is 1. The molecule has 0 bridgehead atoms. The van der Waals surface area contributed by atoms with Crippen LogP contribution in [0.5, 0.6) is 5.75 Å². The van der Waals surface area contributed by atoms with Crippen LogP contribution in [0.2, 0.25) is 5.15 Å². The highest BCUT2D eigenvalue weighted by molar-refractivity contribution is 7.91. The third-order valence-electron chi connectivity index (χ3n) is 7.82. The van der Waals surface area contributed by atoms with E-state index in [1.165, 1.54) is 12.1 Å². The van der Waals surface area contributed by atoms with E-state index in [1.807, 2.05) is 60.7 Å². The van der Waals surface area contributed by atoms with Gasteiger partial charge in [0.25, 0.3) is 5.91 Å². The van der Waals surface area contributed by atoms with E-state index in [1.54, 1.807) is 49.5 Å². The number of hydrogen-bond acceptors (Lipinski definition) is 7. The fraction of sp³-hybridized carbons (Fsp3) is 0.189. The van der Waals surface area contributed by atoms with Crippen molar-refractivity contribution in [2.75, 3.05) is 13.1 Å². The van der Waals surface area contributed by atoms with E-state index in [4.69, 9.17) is 22.1 Å². The van der Waals surface area contributed by atoms with Crippen molar-refractivity contribution in [3.63, 3.8) is 0 Å². The summed E-state index contributed by atoms with van der Waals surface area (Å²) in [6.07, 6.45) is 1.43. The molecule has 5 aromatic rings. The SMILES string of the molecule is Cc1cc(S(=O)(=O)c2ccc(CCN(Cc3ccccc3)C[C@H](O)c3ccc(Cl)nc3)cc2)cc(C(N)=O)c1OCc1ccccc1. The standard InChI is InChI=1S/C37H36ClN3O5S/c1-26-20-32(21-33(37(39)43)36(26)46-25-29-10-6-3-7-11-29)47(44,45)31-15-12-27(13-16-31)18-19-41(23-28-8-4-2-5-9-28)24-34(42)30-14-17-35(38)40-22-30/h2-17,20-22,34,42H,18-19,23-25H2,1H3,(H2,39,43)/t34-/m0/s1. The summed E-state index contributed by atoms with van der Waals surface area (Å²) in [6, 6.07) is 32.3. The first kappa shape index (κ1) is 33.8. The summed E-state index contributed by atoms with van der Waals surface area (Å²) in [4.78, 5) is 18.7. The van der Waals surface area contributed by atoms with E-state index in [2.05, 4.69) is 9.88 Å². The number of rotatable bonds is 14. The van der Waals surface area contributed by atoms with Crippen molar-refractivity contribution in [1.29, 1.82) is 0 Å². The molecule has 47 heavy (non-hydrogen) atoms. The monoisotopic (exact) mass is 669 g/mol. The smallest absolute Gasteiger partial charge is 0.252 e. The molecule has 0 unspecified atom stereocenters. The quantitative estimate of drug-likeness (QED) is 0.132. The minimum Gasteiger partial charge on any atom is -0.488 e. The molecule has 0 aliphatic rings. The number of aliphatic hydroxyl groups excluding tert-OH is 1. The number of halogens is 1. The minimum atomic E-state index is -3.96. The molecular formula is C37H36ClN3O5S. The third kappa shape index (κ3) is 8.84. The highest BCUT2D eigenvalue weighted by Crippen LogP contribution is 2.31. The summed E-state index contributed by atoms with van der Waals surface area (Å²) in [6.45, 7) is 3.51. The van der Waals surface area contributed by atoms with Crippen molar-refractivity contribution >= 4 is 27.3 Å². The van der Waals surface area contributed by atoms with Gasteiger partial charge in [0.2, 0.25) is 9.84 Å². The van der Waals surface area contributed by atoms with Gasteiger partial charge in [0.05, 0.1) is 21.5 Å². The van der Waals surface area contributed by atoms with Crippen molar-refractivity contribution in [2.24, 2.45) is 5.73 Å². The Kier molecular flexibility index (Phi) is 11.1. The van der Waals surface area contributed by atoms with Gasteiger partial charge in [-0.3, -0.25) is 9.69 Å². The van der Waals surface area contributed by atoms with Crippen LogP contribution in [0.15, 0.2) is 125 Å². The number of nitrogens with zero attached hydrogens (tertiary/aromatic N) is 2. The summed E-state index contributed by atoms with van der Waals surface area (Å²) >= 11 is 5.92. The molecule has 1 aromatic heterocycles. The van der Waals surface area contributed by atoms with E-state index in [9.17, 15) is 18.3 Å². The Morgan fingerprint density at radius 1 is 0.894 bits per heavy atom. The van der Waals surface area contributed by atoms with Gasteiger partial charge < -0.3 is 15.6 Å². The Morgan fingerprint density at radius 2 is 1.55 bits per heavy atom. The maximum atomic E-state index is 13.7. The molecule has 1 heterocycles. The average molecular weight is 670 g/mol. The molecular weight excluding hydrogens is 634 g/mol. The zero-order chi connectivity index (χ0) is 33.4. The van der Waals surface area contributed by atoms with Crippen molar-refractivity contribution in [3.05, 3.63) is 154 Å². The fourth-order valence-electron chi connectivity index (χ4n) is 5.27. The molecule has 10 heteroatoms. The molecule has 0 fully saturated rings. The lowest BCUT2D eigenvalue weighted by molar-refractivity contribution is 0.0995. The largest absolute Gasteiger partial charge is 0.488 e. The fourth-order valence-corrected chi connectivity index (χ4v) is 6.75. The minimum absolute atomic E-state index is 0.00574. The Hall–Kier alpha value is -4.54. The maximum absolute atomic E-state index is 13.7. The van der Waals surface area contributed by atoms with E-state index in [0.29, 0.717) is 42.3 Å². The van der Waals surface area contributed by atoms with Crippen LogP contribution in [0.4, 0.5) is 0 Å². The summed E-state index contributed by atoms with van der Waals surface area (Å²) in [5, 5.41) is 11.3. The molecule has 0 radical (unpaired) electrons. The number of primary amides is 1. The van der Waals surface area contributed by atoms with Gasteiger partial charge in [0.1, 0.15) is 17.5 Å². The van der Waals surface area contributed by atoms with Crippen LogP contribution in [-0.4, -0.2) is 42.4 Å². The van der Waals surface area contributed by atoms with Crippen LogP contribution in [-0.2, 0) is 29.4 Å². The molecule has 3 N–H and O–H groups in total. The van der Waals surface area contributed by atoms with Crippen molar-refractivity contribution in [2.45, 2.75) is 42.4 Å². The molecule has 8 nitrogen and oxygen atoms in total. The van der Waals surface area contributed by atoms with E-state index < -0.39 is 21.8 Å². The van der Waals surface area contributed by atoms with Crippen LogP contribution in [0.3, 0.4) is 0 Å². The number of pyridine rings is 1. The first-order chi connectivity index (χ1) is 22.6. The Labute approximate surface area is 280 Å².